The van der Waals surface area contributed by atoms with E-state index in [9.17, 15) is 9.59 Å². The van der Waals surface area contributed by atoms with Crippen molar-refractivity contribution in [3.05, 3.63) is 29.3 Å². The van der Waals surface area contributed by atoms with Crippen LogP contribution in [-0.4, -0.2) is 17.0 Å². The molecule has 1 aromatic carbocycles. The fourth-order valence-corrected chi connectivity index (χ4v) is 2.73. The predicted octanol–water partition coefficient (Wildman–Crippen LogP) is 3.17. The van der Waals surface area contributed by atoms with Gasteiger partial charge in [-0.05, 0) is 31.0 Å². The largest absolute Gasteiger partial charge is 0.481 e. The van der Waals surface area contributed by atoms with Crippen LogP contribution in [0.25, 0.3) is 0 Å². The van der Waals surface area contributed by atoms with Crippen molar-refractivity contribution in [2.75, 3.05) is 5.32 Å². The average molecular weight is 282 g/mol. The second-order valence-corrected chi connectivity index (χ2v) is 5.27. The minimum absolute atomic E-state index is 0.227. The summed E-state index contributed by atoms with van der Waals surface area (Å²) in [7, 11) is 0. The molecular formula is C14H16ClNO3. The molecule has 5 heteroatoms. The summed E-state index contributed by atoms with van der Waals surface area (Å²) in [5.74, 6) is -2.14. The van der Waals surface area contributed by atoms with Gasteiger partial charge in [0.25, 0.3) is 0 Å². The number of nitrogens with one attached hydrogen (secondary N) is 1. The van der Waals surface area contributed by atoms with Gasteiger partial charge in [-0.3, -0.25) is 9.59 Å². The first-order valence-electron chi connectivity index (χ1n) is 6.37. The Morgan fingerprint density at radius 2 is 1.89 bits per heavy atom. The Kier molecular flexibility index (Phi) is 4.43. The van der Waals surface area contributed by atoms with E-state index in [4.69, 9.17) is 16.7 Å². The first-order valence-corrected chi connectivity index (χ1v) is 6.75. The first kappa shape index (κ1) is 13.9. The molecule has 2 rings (SSSR count). The molecule has 2 N–H and O–H groups in total. The van der Waals surface area contributed by atoms with Gasteiger partial charge < -0.3 is 10.4 Å². The Morgan fingerprint density at radius 3 is 2.53 bits per heavy atom. The lowest BCUT2D eigenvalue weighted by molar-refractivity contribution is -0.147. The maximum Gasteiger partial charge on any atom is 0.307 e. The van der Waals surface area contributed by atoms with Crippen LogP contribution in [0.1, 0.15) is 25.7 Å². The average Bonchev–Trinajstić information content (AvgIpc) is 2.38. The van der Waals surface area contributed by atoms with E-state index in [0.29, 0.717) is 23.6 Å². The molecule has 1 fully saturated rings. The zero-order valence-corrected chi connectivity index (χ0v) is 11.2. The SMILES string of the molecule is O=C(Nc1cccc(Cl)c1)[C@H]1CCCC[C@H]1C(=O)O. The molecule has 0 bridgehead atoms. The maximum atomic E-state index is 12.2. The van der Waals surface area contributed by atoms with E-state index in [1.165, 1.54) is 0 Å². The Balaban J connectivity index is 2.07. The van der Waals surface area contributed by atoms with Crippen molar-refractivity contribution in [2.45, 2.75) is 25.7 Å². The second kappa shape index (κ2) is 6.06. The Hall–Kier alpha value is -1.55. The molecule has 0 aromatic heterocycles. The predicted molar refractivity (Wildman–Crippen MR) is 73.2 cm³/mol. The highest BCUT2D eigenvalue weighted by molar-refractivity contribution is 6.30. The lowest BCUT2D eigenvalue weighted by Crippen LogP contribution is -2.36. The fraction of sp³-hybridized carbons (Fsp3) is 0.429. The molecule has 2 atom stereocenters. The summed E-state index contributed by atoms with van der Waals surface area (Å²) in [5.41, 5.74) is 0.604. The maximum absolute atomic E-state index is 12.2. The van der Waals surface area contributed by atoms with E-state index in [1.807, 2.05) is 0 Å². The second-order valence-electron chi connectivity index (χ2n) is 4.84. The summed E-state index contributed by atoms with van der Waals surface area (Å²) in [6.07, 6.45) is 2.97. The standard InChI is InChI=1S/C14H16ClNO3/c15-9-4-3-5-10(8-9)16-13(17)11-6-1-2-7-12(11)14(18)19/h3-5,8,11-12H,1-2,6-7H2,(H,16,17)(H,18,19)/t11-,12+/m0/s1. The van der Waals surface area contributed by atoms with E-state index >= 15 is 0 Å². The van der Waals surface area contributed by atoms with Crippen LogP contribution < -0.4 is 5.32 Å². The topological polar surface area (TPSA) is 66.4 Å². The van der Waals surface area contributed by atoms with E-state index in [2.05, 4.69) is 5.32 Å². The highest BCUT2D eigenvalue weighted by Crippen LogP contribution is 2.31. The third-order valence-electron chi connectivity index (χ3n) is 3.51. The van der Waals surface area contributed by atoms with E-state index in [-0.39, 0.29) is 5.91 Å². The van der Waals surface area contributed by atoms with Crippen molar-refractivity contribution in [3.8, 4) is 0 Å². The van der Waals surface area contributed by atoms with Crippen LogP contribution in [0.4, 0.5) is 5.69 Å². The number of benzene rings is 1. The smallest absolute Gasteiger partial charge is 0.307 e. The van der Waals surface area contributed by atoms with Gasteiger partial charge in [-0.1, -0.05) is 30.5 Å². The van der Waals surface area contributed by atoms with Gasteiger partial charge in [-0.2, -0.15) is 0 Å². The molecule has 0 spiro atoms. The number of hydrogen-bond donors (Lipinski definition) is 2. The molecule has 102 valence electrons. The monoisotopic (exact) mass is 281 g/mol. The quantitative estimate of drug-likeness (QED) is 0.894. The van der Waals surface area contributed by atoms with Gasteiger partial charge in [0, 0.05) is 10.7 Å². The molecule has 0 saturated heterocycles. The van der Waals surface area contributed by atoms with Crippen LogP contribution in [0.5, 0.6) is 0 Å². The number of carbonyl (C=O) groups is 2. The zero-order valence-electron chi connectivity index (χ0n) is 10.4. The number of carboxylic acid groups (broad SMARTS) is 1. The van der Waals surface area contributed by atoms with Gasteiger partial charge >= 0.3 is 5.97 Å². The molecule has 1 aliphatic rings. The summed E-state index contributed by atoms with van der Waals surface area (Å²) < 4.78 is 0. The first-order chi connectivity index (χ1) is 9.08. The van der Waals surface area contributed by atoms with Crippen molar-refractivity contribution in [3.63, 3.8) is 0 Å². The van der Waals surface area contributed by atoms with E-state index in [0.717, 1.165) is 12.8 Å². The minimum Gasteiger partial charge on any atom is -0.481 e. The minimum atomic E-state index is -0.883. The zero-order chi connectivity index (χ0) is 13.8. The summed E-state index contributed by atoms with van der Waals surface area (Å²) in [5, 5.41) is 12.5. The van der Waals surface area contributed by atoms with Crippen molar-refractivity contribution in [1.29, 1.82) is 0 Å². The number of rotatable bonds is 3. The number of amides is 1. The van der Waals surface area contributed by atoms with Crippen molar-refractivity contribution in [2.24, 2.45) is 11.8 Å². The van der Waals surface area contributed by atoms with Crippen LogP contribution in [-0.2, 0) is 9.59 Å². The van der Waals surface area contributed by atoms with Crippen LogP contribution >= 0.6 is 11.6 Å². The molecular weight excluding hydrogens is 266 g/mol. The van der Waals surface area contributed by atoms with Crippen LogP contribution in [0, 0.1) is 11.8 Å². The van der Waals surface area contributed by atoms with E-state index in [1.54, 1.807) is 24.3 Å². The number of carboxylic acids is 1. The lowest BCUT2D eigenvalue weighted by Gasteiger charge is -2.27. The van der Waals surface area contributed by atoms with Crippen LogP contribution in [0.15, 0.2) is 24.3 Å². The Labute approximate surface area is 116 Å². The lowest BCUT2D eigenvalue weighted by atomic mass is 9.78. The molecule has 4 nitrogen and oxygen atoms in total. The number of hydrogen-bond acceptors (Lipinski definition) is 2. The fourth-order valence-electron chi connectivity index (χ4n) is 2.54. The molecule has 0 heterocycles. The van der Waals surface area contributed by atoms with Crippen molar-refractivity contribution >= 4 is 29.2 Å². The molecule has 0 aliphatic heterocycles. The highest BCUT2D eigenvalue weighted by Gasteiger charge is 2.35. The van der Waals surface area contributed by atoms with Gasteiger partial charge in [-0.15, -0.1) is 0 Å². The van der Waals surface area contributed by atoms with E-state index < -0.39 is 17.8 Å². The van der Waals surface area contributed by atoms with Gasteiger partial charge in [-0.25, -0.2) is 0 Å². The van der Waals surface area contributed by atoms with Crippen molar-refractivity contribution < 1.29 is 14.7 Å². The van der Waals surface area contributed by atoms with Crippen LogP contribution in [0.3, 0.4) is 0 Å². The van der Waals surface area contributed by atoms with Gasteiger partial charge in [0.15, 0.2) is 0 Å². The number of carbonyl (C=O) groups excluding carboxylic acids is 1. The molecule has 1 aromatic rings. The van der Waals surface area contributed by atoms with Gasteiger partial charge in [0.2, 0.25) is 5.91 Å². The normalized spacial score (nSPS) is 22.8. The van der Waals surface area contributed by atoms with Gasteiger partial charge in [0.05, 0.1) is 11.8 Å². The summed E-state index contributed by atoms with van der Waals surface area (Å²) in [6, 6.07) is 6.85. The van der Waals surface area contributed by atoms with Crippen LogP contribution in [0.2, 0.25) is 5.02 Å². The van der Waals surface area contributed by atoms with Crippen molar-refractivity contribution in [1.82, 2.24) is 0 Å². The molecule has 19 heavy (non-hydrogen) atoms. The molecule has 1 aliphatic carbocycles. The number of halogens is 1. The summed E-state index contributed by atoms with van der Waals surface area (Å²) in [6.45, 7) is 0. The Morgan fingerprint density at radius 1 is 1.21 bits per heavy atom. The number of aliphatic carboxylic acids is 1. The third-order valence-corrected chi connectivity index (χ3v) is 3.75. The molecule has 1 saturated carbocycles. The highest BCUT2D eigenvalue weighted by atomic mass is 35.5. The molecule has 1 amide bonds. The molecule has 0 radical (unpaired) electrons. The molecule has 0 unspecified atom stereocenters. The van der Waals surface area contributed by atoms with Gasteiger partial charge in [0.1, 0.15) is 0 Å². The summed E-state index contributed by atoms with van der Waals surface area (Å²) >= 11 is 5.85. The Bertz CT molecular complexity index is 489. The summed E-state index contributed by atoms with van der Waals surface area (Å²) in [4.78, 5) is 23.4. The third kappa shape index (κ3) is 3.47. The number of anilines is 1.